The van der Waals surface area contributed by atoms with E-state index in [1.54, 1.807) is 10.7 Å². The van der Waals surface area contributed by atoms with E-state index in [1.807, 2.05) is 23.1 Å². The third-order valence-corrected chi connectivity index (χ3v) is 5.11. The van der Waals surface area contributed by atoms with E-state index in [0.29, 0.717) is 22.5 Å². The third-order valence-electron chi connectivity index (χ3n) is 5.11. The van der Waals surface area contributed by atoms with Crippen LogP contribution in [0.15, 0.2) is 39.7 Å². The number of para-hydroxylation sites is 1. The maximum atomic E-state index is 12.9. The molecule has 25 heavy (non-hydrogen) atoms. The molecule has 3 aromatic rings. The van der Waals surface area contributed by atoms with Gasteiger partial charge in [-0.1, -0.05) is 19.1 Å². The Morgan fingerprint density at radius 3 is 2.96 bits per heavy atom. The normalized spacial score (nSPS) is 18.1. The van der Waals surface area contributed by atoms with Gasteiger partial charge in [0.1, 0.15) is 17.5 Å². The van der Waals surface area contributed by atoms with E-state index in [0.717, 1.165) is 31.2 Å². The largest absolute Gasteiger partial charge is 0.422 e. The van der Waals surface area contributed by atoms with Crippen LogP contribution in [0.25, 0.3) is 21.9 Å². The Labute approximate surface area is 145 Å². The molecular formula is C19H21N3O3. The van der Waals surface area contributed by atoms with Crippen molar-refractivity contribution in [1.82, 2.24) is 14.7 Å². The lowest BCUT2D eigenvalue weighted by Crippen LogP contribution is -2.44. The van der Waals surface area contributed by atoms with E-state index in [2.05, 4.69) is 12.0 Å². The van der Waals surface area contributed by atoms with Gasteiger partial charge >= 0.3 is 5.63 Å². The molecule has 2 aromatic heterocycles. The third kappa shape index (κ3) is 2.71. The van der Waals surface area contributed by atoms with Crippen LogP contribution in [0.5, 0.6) is 0 Å². The summed E-state index contributed by atoms with van der Waals surface area (Å²) in [5.74, 6) is 0.0638. The molecule has 1 amide bonds. The summed E-state index contributed by atoms with van der Waals surface area (Å²) in [4.78, 5) is 27.0. The lowest BCUT2D eigenvalue weighted by atomic mass is 10.00. The Morgan fingerprint density at radius 1 is 1.28 bits per heavy atom. The van der Waals surface area contributed by atoms with Gasteiger partial charge in [-0.25, -0.2) is 4.79 Å². The zero-order chi connectivity index (χ0) is 17.4. The quantitative estimate of drug-likeness (QED) is 0.688. The fourth-order valence-corrected chi connectivity index (χ4v) is 3.82. The summed E-state index contributed by atoms with van der Waals surface area (Å²) in [6, 6.07) is 7.66. The Kier molecular flexibility index (Phi) is 4.03. The molecule has 1 aromatic carbocycles. The Hall–Kier alpha value is -2.63. The molecule has 1 saturated heterocycles. The van der Waals surface area contributed by atoms with Crippen molar-refractivity contribution in [2.45, 2.75) is 45.2 Å². The number of likely N-dealkylation sites (tertiary alicyclic amines) is 1. The van der Waals surface area contributed by atoms with E-state index in [9.17, 15) is 9.59 Å². The number of carbonyl (C=O) groups excluding carboxylic acids is 1. The first kappa shape index (κ1) is 15.9. The molecule has 3 heterocycles. The van der Waals surface area contributed by atoms with E-state index < -0.39 is 5.63 Å². The van der Waals surface area contributed by atoms with Crippen LogP contribution in [-0.2, 0) is 11.3 Å². The van der Waals surface area contributed by atoms with Crippen molar-refractivity contribution in [3.05, 3.63) is 40.9 Å². The molecule has 6 nitrogen and oxygen atoms in total. The SMILES string of the molecule is CCC1CCCCN1C(=O)Cn1ncc2c(=O)oc3ccccc3c21. The standard InChI is InChI=1S/C19H21N3O3/c1-2-13-7-5-6-10-21(13)17(23)12-22-18-14-8-3-4-9-16(14)25-19(24)15(18)11-20-22/h3-4,8-9,11,13H,2,5-7,10,12H2,1H3. The molecule has 0 N–H and O–H groups in total. The number of hydrogen-bond acceptors (Lipinski definition) is 4. The molecule has 0 radical (unpaired) electrons. The average molecular weight is 339 g/mol. The number of aromatic nitrogens is 2. The minimum absolute atomic E-state index is 0.0638. The van der Waals surface area contributed by atoms with Gasteiger partial charge in [0.25, 0.3) is 0 Å². The van der Waals surface area contributed by atoms with Crippen LogP contribution >= 0.6 is 0 Å². The van der Waals surface area contributed by atoms with Gasteiger partial charge in [0.05, 0.1) is 11.7 Å². The second kappa shape index (κ2) is 6.35. The van der Waals surface area contributed by atoms with Gasteiger partial charge in [-0.15, -0.1) is 0 Å². The van der Waals surface area contributed by atoms with E-state index in [1.165, 1.54) is 12.6 Å². The van der Waals surface area contributed by atoms with E-state index in [-0.39, 0.29) is 12.5 Å². The molecule has 0 spiro atoms. The van der Waals surface area contributed by atoms with Gasteiger partial charge in [0, 0.05) is 18.0 Å². The number of nitrogens with zero attached hydrogens (tertiary/aromatic N) is 3. The molecule has 0 bridgehead atoms. The number of hydrogen-bond donors (Lipinski definition) is 0. The molecule has 1 fully saturated rings. The smallest absolute Gasteiger partial charge is 0.347 e. The summed E-state index contributed by atoms with van der Waals surface area (Å²) < 4.78 is 6.98. The van der Waals surface area contributed by atoms with Crippen molar-refractivity contribution >= 4 is 27.8 Å². The maximum Gasteiger partial charge on any atom is 0.347 e. The number of fused-ring (bicyclic) bond motifs is 3. The van der Waals surface area contributed by atoms with Crippen LogP contribution in [0.2, 0.25) is 0 Å². The average Bonchev–Trinajstić information content (AvgIpc) is 3.06. The highest BCUT2D eigenvalue weighted by Crippen LogP contribution is 2.24. The van der Waals surface area contributed by atoms with Crippen LogP contribution in [0.3, 0.4) is 0 Å². The van der Waals surface area contributed by atoms with Gasteiger partial charge in [-0.2, -0.15) is 5.10 Å². The van der Waals surface area contributed by atoms with E-state index in [4.69, 9.17) is 4.42 Å². The van der Waals surface area contributed by atoms with Crippen LogP contribution < -0.4 is 5.63 Å². The van der Waals surface area contributed by atoms with Crippen molar-refractivity contribution in [3.63, 3.8) is 0 Å². The van der Waals surface area contributed by atoms with Crippen molar-refractivity contribution in [1.29, 1.82) is 0 Å². The van der Waals surface area contributed by atoms with Gasteiger partial charge in [-0.05, 0) is 37.8 Å². The highest BCUT2D eigenvalue weighted by molar-refractivity contribution is 6.02. The van der Waals surface area contributed by atoms with Crippen LogP contribution in [0, 0.1) is 0 Å². The zero-order valence-corrected chi connectivity index (χ0v) is 14.3. The highest BCUT2D eigenvalue weighted by atomic mass is 16.4. The van der Waals surface area contributed by atoms with Crippen molar-refractivity contribution in [3.8, 4) is 0 Å². The number of rotatable bonds is 3. The second-order valence-electron chi connectivity index (χ2n) is 6.60. The molecule has 0 aliphatic carbocycles. The molecule has 4 rings (SSSR count). The first-order valence-electron chi connectivity index (χ1n) is 8.86. The fourth-order valence-electron chi connectivity index (χ4n) is 3.82. The summed E-state index contributed by atoms with van der Waals surface area (Å²) >= 11 is 0. The van der Waals surface area contributed by atoms with E-state index >= 15 is 0 Å². The topological polar surface area (TPSA) is 68.3 Å². The molecule has 1 atom stereocenters. The Balaban J connectivity index is 1.75. The maximum absolute atomic E-state index is 12.9. The van der Waals surface area contributed by atoms with Gasteiger partial charge in [0.2, 0.25) is 5.91 Å². The molecule has 1 aliphatic rings. The Morgan fingerprint density at radius 2 is 2.12 bits per heavy atom. The summed E-state index contributed by atoms with van der Waals surface area (Å²) in [5.41, 5.74) is 0.765. The molecular weight excluding hydrogens is 318 g/mol. The number of carbonyl (C=O) groups is 1. The second-order valence-corrected chi connectivity index (χ2v) is 6.60. The van der Waals surface area contributed by atoms with Gasteiger partial charge < -0.3 is 9.32 Å². The number of piperidine rings is 1. The van der Waals surface area contributed by atoms with Crippen molar-refractivity contribution in [2.24, 2.45) is 0 Å². The monoisotopic (exact) mass is 339 g/mol. The summed E-state index contributed by atoms with van der Waals surface area (Å²) in [6.45, 7) is 3.07. The number of benzene rings is 1. The predicted octanol–water partition coefficient (Wildman–Crippen LogP) is 2.93. The summed E-state index contributed by atoms with van der Waals surface area (Å²) in [5, 5.41) is 5.51. The summed E-state index contributed by atoms with van der Waals surface area (Å²) in [6.07, 6.45) is 5.76. The Bertz CT molecular complexity index is 988. The minimum atomic E-state index is -0.420. The predicted molar refractivity (Wildman–Crippen MR) is 95.4 cm³/mol. The molecule has 0 saturated carbocycles. The van der Waals surface area contributed by atoms with Crippen LogP contribution in [0.4, 0.5) is 0 Å². The number of amides is 1. The fraction of sp³-hybridized carbons (Fsp3) is 0.421. The highest BCUT2D eigenvalue weighted by Gasteiger charge is 2.26. The van der Waals surface area contributed by atoms with Crippen molar-refractivity contribution < 1.29 is 9.21 Å². The summed E-state index contributed by atoms with van der Waals surface area (Å²) in [7, 11) is 0. The molecule has 6 heteroatoms. The van der Waals surface area contributed by atoms with Crippen LogP contribution in [0.1, 0.15) is 32.6 Å². The first-order valence-corrected chi connectivity index (χ1v) is 8.86. The lowest BCUT2D eigenvalue weighted by molar-refractivity contribution is -0.135. The first-order chi connectivity index (χ1) is 12.2. The van der Waals surface area contributed by atoms with Gasteiger partial charge in [-0.3, -0.25) is 9.48 Å². The minimum Gasteiger partial charge on any atom is -0.422 e. The zero-order valence-electron chi connectivity index (χ0n) is 14.3. The lowest BCUT2D eigenvalue weighted by Gasteiger charge is -2.35. The van der Waals surface area contributed by atoms with Gasteiger partial charge in [0.15, 0.2) is 0 Å². The molecule has 1 unspecified atom stereocenters. The molecule has 1 aliphatic heterocycles. The van der Waals surface area contributed by atoms with Crippen molar-refractivity contribution in [2.75, 3.05) is 6.54 Å². The molecule has 130 valence electrons. The van der Waals surface area contributed by atoms with Crippen LogP contribution in [-0.4, -0.2) is 33.2 Å².